The second-order valence-corrected chi connectivity index (χ2v) is 11.1. The molecule has 0 aromatic heterocycles. The number of carbonyl (C=O) groups is 2. The number of ether oxygens (including phenoxy) is 2. The van der Waals surface area contributed by atoms with Crippen LogP contribution in [-0.4, -0.2) is 59.9 Å². The van der Waals surface area contributed by atoms with Gasteiger partial charge in [-0.1, -0.05) is 6.92 Å². The van der Waals surface area contributed by atoms with Gasteiger partial charge in [-0.15, -0.1) is 0 Å². The Hall–Kier alpha value is -1.46. The lowest BCUT2D eigenvalue weighted by Crippen LogP contribution is -2.54. The molecule has 2 amide bonds. The summed E-state index contributed by atoms with van der Waals surface area (Å²) < 4.78 is 11.5. The second kappa shape index (κ2) is 6.81. The fourth-order valence-corrected chi connectivity index (χ4v) is 6.47. The van der Waals surface area contributed by atoms with Crippen molar-refractivity contribution in [1.29, 1.82) is 0 Å². The number of hydrogen-bond acceptors (Lipinski definition) is 4. The molecule has 1 saturated heterocycles. The minimum atomic E-state index is -0.515. The first-order valence-corrected chi connectivity index (χ1v) is 10.9. The largest absolute Gasteiger partial charge is 0.446 e. The molecule has 28 heavy (non-hydrogen) atoms. The first kappa shape index (κ1) is 19.8. The van der Waals surface area contributed by atoms with E-state index in [0.29, 0.717) is 30.3 Å². The van der Waals surface area contributed by atoms with Crippen molar-refractivity contribution in [2.75, 3.05) is 20.1 Å². The summed E-state index contributed by atoms with van der Waals surface area (Å²) in [6, 6.07) is -0.0141. The molecule has 4 aliphatic carbocycles. The summed E-state index contributed by atoms with van der Waals surface area (Å²) in [6.07, 6.45) is 6.59. The molecule has 5 fully saturated rings. The van der Waals surface area contributed by atoms with Crippen molar-refractivity contribution in [3.63, 3.8) is 0 Å². The maximum absolute atomic E-state index is 12.9. The van der Waals surface area contributed by atoms with Crippen molar-refractivity contribution in [3.05, 3.63) is 0 Å². The van der Waals surface area contributed by atoms with Crippen LogP contribution >= 0.6 is 0 Å². The predicted octanol–water partition coefficient (Wildman–Crippen LogP) is 4.28. The maximum Gasteiger partial charge on any atom is 0.410 e. The van der Waals surface area contributed by atoms with Crippen LogP contribution in [0.2, 0.25) is 0 Å². The minimum Gasteiger partial charge on any atom is -0.446 e. The van der Waals surface area contributed by atoms with E-state index in [1.165, 1.54) is 32.1 Å². The molecule has 1 heterocycles. The highest BCUT2D eigenvalue weighted by molar-refractivity contribution is 5.70. The van der Waals surface area contributed by atoms with E-state index < -0.39 is 5.60 Å². The third kappa shape index (κ3) is 3.84. The smallest absolute Gasteiger partial charge is 0.410 e. The van der Waals surface area contributed by atoms with Gasteiger partial charge in [0.05, 0.1) is 6.04 Å². The first-order valence-electron chi connectivity index (χ1n) is 10.9. The van der Waals surface area contributed by atoms with Gasteiger partial charge in [-0.3, -0.25) is 0 Å². The standard InChI is InChI=1S/C22H36N2O4/c1-21(2,3)28-19(25)23(5)17-6-7-24(13-17)20(26)27-18-15-8-14-9-16(18)12-22(4,10-14)11-15/h14-18H,6-13H2,1-5H3/t14?,15?,16?,17-,18?,22?/m1/s1. The number of hydrogen-bond donors (Lipinski definition) is 0. The van der Waals surface area contributed by atoms with Crippen molar-refractivity contribution >= 4 is 12.2 Å². The summed E-state index contributed by atoms with van der Waals surface area (Å²) in [7, 11) is 1.76. The van der Waals surface area contributed by atoms with E-state index in [9.17, 15) is 9.59 Å². The third-order valence-corrected chi connectivity index (χ3v) is 7.38. The van der Waals surface area contributed by atoms with E-state index in [0.717, 1.165) is 12.3 Å². The number of carbonyl (C=O) groups excluding carboxylic acids is 2. The molecule has 5 rings (SSSR count). The van der Waals surface area contributed by atoms with Crippen molar-refractivity contribution in [1.82, 2.24) is 9.80 Å². The molecule has 0 aromatic rings. The van der Waals surface area contributed by atoms with Crippen LogP contribution < -0.4 is 0 Å². The highest BCUT2D eigenvalue weighted by Gasteiger charge is 2.55. The summed E-state index contributed by atoms with van der Waals surface area (Å²) in [5.41, 5.74) is -0.0348. The van der Waals surface area contributed by atoms with Crippen molar-refractivity contribution in [2.45, 2.75) is 84.0 Å². The Morgan fingerprint density at radius 3 is 2.32 bits per heavy atom. The Balaban J connectivity index is 1.31. The number of likely N-dealkylation sites (N-methyl/N-ethyl adjacent to an activating group) is 1. The van der Waals surface area contributed by atoms with Gasteiger partial charge in [0.25, 0.3) is 0 Å². The third-order valence-electron chi connectivity index (χ3n) is 7.38. The van der Waals surface area contributed by atoms with Gasteiger partial charge in [0.15, 0.2) is 0 Å². The molecule has 158 valence electrons. The molecule has 0 aromatic carbocycles. The zero-order valence-electron chi connectivity index (χ0n) is 18.1. The van der Waals surface area contributed by atoms with E-state index in [-0.39, 0.29) is 24.3 Å². The normalized spacial score (nSPS) is 39.2. The molecule has 0 N–H and O–H groups in total. The highest BCUT2D eigenvalue weighted by Crippen LogP contribution is 2.60. The van der Waals surface area contributed by atoms with Crippen LogP contribution in [0.25, 0.3) is 0 Å². The average molecular weight is 393 g/mol. The van der Waals surface area contributed by atoms with Gasteiger partial charge in [0, 0.05) is 20.1 Å². The SMILES string of the molecule is CN(C(=O)OC(C)(C)C)[C@@H]1CCN(C(=O)OC2C3CC4CC2CC(C)(C4)C3)C1. The lowest BCUT2D eigenvalue weighted by Gasteiger charge is -2.58. The quantitative estimate of drug-likeness (QED) is 0.704. The molecule has 5 aliphatic rings. The number of likely N-dealkylation sites (tertiary alicyclic amines) is 1. The molecule has 4 bridgehead atoms. The number of amides is 2. The fraction of sp³-hybridized carbons (Fsp3) is 0.909. The molecule has 2 unspecified atom stereocenters. The zero-order chi connectivity index (χ0) is 20.3. The number of rotatable bonds is 2. The first-order chi connectivity index (χ1) is 13.0. The van der Waals surface area contributed by atoms with Gasteiger partial charge in [-0.25, -0.2) is 9.59 Å². The summed E-state index contributed by atoms with van der Waals surface area (Å²) in [5, 5.41) is 0. The van der Waals surface area contributed by atoms with Crippen LogP contribution in [0.1, 0.15) is 66.2 Å². The lowest BCUT2D eigenvalue weighted by molar-refractivity contribution is -0.133. The van der Waals surface area contributed by atoms with Gasteiger partial charge in [0.2, 0.25) is 0 Å². The topological polar surface area (TPSA) is 59.1 Å². The minimum absolute atomic E-state index is 0.0141. The maximum atomic E-state index is 12.9. The van der Waals surface area contributed by atoms with Crippen molar-refractivity contribution in [3.8, 4) is 0 Å². The number of nitrogens with zero attached hydrogens (tertiary/aromatic N) is 2. The Bertz CT molecular complexity index is 627. The Labute approximate surface area is 168 Å². The predicted molar refractivity (Wildman–Crippen MR) is 106 cm³/mol. The highest BCUT2D eigenvalue weighted by atomic mass is 16.6. The molecule has 3 atom stereocenters. The monoisotopic (exact) mass is 392 g/mol. The van der Waals surface area contributed by atoms with Crippen LogP contribution in [0, 0.1) is 23.2 Å². The van der Waals surface area contributed by atoms with Gasteiger partial charge in [-0.2, -0.15) is 0 Å². The molecule has 6 heteroatoms. The second-order valence-electron chi connectivity index (χ2n) is 11.1. The molecule has 6 nitrogen and oxygen atoms in total. The van der Waals surface area contributed by atoms with Gasteiger partial charge in [-0.05, 0) is 82.5 Å². The molecular weight excluding hydrogens is 356 g/mol. The fourth-order valence-electron chi connectivity index (χ4n) is 6.47. The van der Waals surface area contributed by atoms with E-state index in [2.05, 4.69) is 6.92 Å². The van der Waals surface area contributed by atoms with Crippen LogP contribution in [0.4, 0.5) is 9.59 Å². The molecule has 4 saturated carbocycles. The van der Waals surface area contributed by atoms with Crippen LogP contribution in [0.3, 0.4) is 0 Å². The van der Waals surface area contributed by atoms with E-state index in [1.807, 2.05) is 20.8 Å². The Morgan fingerprint density at radius 1 is 1.11 bits per heavy atom. The Morgan fingerprint density at radius 2 is 1.75 bits per heavy atom. The van der Waals surface area contributed by atoms with E-state index in [1.54, 1.807) is 16.8 Å². The van der Waals surface area contributed by atoms with Crippen LogP contribution in [-0.2, 0) is 9.47 Å². The van der Waals surface area contributed by atoms with E-state index in [4.69, 9.17) is 9.47 Å². The molecule has 1 aliphatic heterocycles. The average Bonchev–Trinajstić information content (AvgIpc) is 3.04. The van der Waals surface area contributed by atoms with E-state index >= 15 is 0 Å². The van der Waals surface area contributed by atoms with Gasteiger partial charge >= 0.3 is 12.2 Å². The molecule has 0 spiro atoms. The molecule has 0 radical (unpaired) electrons. The summed E-state index contributed by atoms with van der Waals surface area (Å²) in [4.78, 5) is 28.6. The van der Waals surface area contributed by atoms with Crippen LogP contribution in [0.15, 0.2) is 0 Å². The lowest BCUT2D eigenvalue weighted by atomic mass is 9.49. The Kier molecular flexibility index (Phi) is 4.82. The molecular formula is C22H36N2O4. The summed E-state index contributed by atoms with van der Waals surface area (Å²) >= 11 is 0. The summed E-state index contributed by atoms with van der Waals surface area (Å²) in [6.45, 7) is 9.18. The van der Waals surface area contributed by atoms with Crippen molar-refractivity contribution < 1.29 is 19.1 Å². The van der Waals surface area contributed by atoms with Crippen molar-refractivity contribution in [2.24, 2.45) is 23.2 Å². The zero-order valence-corrected chi connectivity index (χ0v) is 18.1. The van der Waals surface area contributed by atoms with Gasteiger partial charge < -0.3 is 19.3 Å². The van der Waals surface area contributed by atoms with Crippen LogP contribution in [0.5, 0.6) is 0 Å². The van der Waals surface area contributed by atoms with Gasteiger partial charge in [0.1, 0.15) is 11.7 Å². The summed E-state index contributed by atoms with van der Waals surface area (Å²) in [5.74, 6) is 1.93.